The molecule has 4 atom stereocenters. The van der Waals surface area contributed by atoms with Crippen LogP contribution in [-0.2, 0) is 9.47 Å². The van der Waals surface area contributed by atoms with Crippen LogP contribution in [0, 0.1) is 0 Å². The van der Waals surface area contributed by atoms with Gasteiger partial charge in [0, 0.05) is 7.11 Å². The van der Waals surface area contributed by atoms with Gasteiger partial charge < -0.3 is 24.6 Å². The summed E-state index contributed by atoms with van der Waals surface area (Å²) >= 11 is 0. The average Bonchev–Trinajstić information content (AvgIpc) is 2.41. The van der Waals surface area contributed by atoms with Gasteiger partial charge in [0.1, 0.15) is 12.2 Å². The minimum Gasteiger partial charge on any atom is -0.394 e. The van der Waals surface area contributed by atoms with Gasteiger partial charge in [-0.05, 0) is 14.1 Å². The number of likely N-dealkylation sites (N-methyl/N-ethyl adjacent to an activating group) is 1. The number of aliphatic hydroxyl groups excluding tert-OH is 2. The average molecular weight is 191 g/mol. The maximum absolute atomic E-state index is 9.72. The van der Waals surface area contributed by atoms with E-state index in [1.807, 2.05) is 19.0 Å². The van der Waals surface area contributed by atoms with Gasteiger partial charge in [-0.2, -0.15) is 0 Å². The second kappa shape index (κ2) is 4.34. The SMILES string of the molecule is CO[C@H]1O[C@H](CO)[C@@H](N(C)C)[C@@H]1O. The van der Waals surface area contributed by atoms with Crippen molar-refractivity contribution in [1.29, 1.82) is 0 Å². The summed E-state index contributed by atoms with van der Waals surface area (Å²) in [5.74, 6) is 0. The van der Waals surface area contributed by atoms with Crippen molar-refractivity contribution in [2.75, 3.05) is 27.8 Å². The molecular formula is C8H17NO4. The van der Waals surface area contributed by atoms with E-state index in [0.717, 1.165) is 0 Å². The quantitative estimate of drug-likeness (QED) is 0.577. The van der Waals surface area contributed by atoms with E-state index in [4.69, 9.17) is 14.6 Å². The third-order valence-corrected chi connectivity index (χ3v) is 2.33. The van der Waals surface area contributed by atoms with Crippen LogP contribution in [0.3, 0.4) is 0 Å². The van der Waals surface area contributed by atoms with E-state index in [0.29, 0.717) is 0 Å². The minimum atomic E-state index is -0.711. The topological polar surface area (TPSA) is 62.2 Å². The summed E-state index contributed by atoms with van der Waals surface area (Å²) < 4.78 is 10.2. The molecule has 0 aliphatic carbocycles. The van der Waals surface area contributed by atoms with Crippen LogP contribution in [0.4, 0.5) is 0 Å². The zero-order valence-corrected chi connectivity index (χ0v) is 8.17. The third kappa shape index (κ3) is 2.00. The number of methoxy groups -OCH3 is 1. The number of aliphatic hydroxyl groups is 2. The lowest BCUT2D eigenvalue weighted by atomic mass is 10.1. The van der Waals surface area contributed by atoms with E-state index in [1.165, 1.54) is 7.11 Å². The van der Waals surface area contributed by atoms with Crippen LogP contribution in [0.1, 0.15) is 0 Å². The van der Waals surface area contributed by atoms with Crippen LogP contribution in [0.25, 0.3) is 0 Å². The molecule has 0 amide bonds. The van der Waals surface area contributed by atoms with Crippen LogP contribution in [0.15, 0.2) is 0 Å². The Morgan fingerprint density at radius 3 is 2.38 bits per heavy atom. The molecular weight excluding hydrogens is 174 g/mol. The Balaban J connectivity index is 2.68. The first-order valence-corrected chi connectivity index (χ1v) is 4.25. The van der Waals surface area contributed by atoms with Crippen molar-refractivity contribution in [1.82, 2.24) is 4.90 Å². The summed E-state index contributed by atoms with van der Waals surface area (Å²) in [5.41, 5.74) is 0. The van der Waals surface area contributed by atoms with Gasteiger partial charge in [0.05, 0.1) is 12.6 Å². The van der Waals surface area contributed by atoms with E-state index < -0.39 is 12.4 Å². The van der Waals surface area contributed by atoms with Crippen molar-refractivity contribution < 1.29 is 19.7 Å². The number of hydrogen-bond acceptors (Lipinski definition) is 5. The monoisotopic (exact) mass is 191 g/mol. The van der Waals surface area contributed by atoms with Gasteiger partial charge >= 0.3 is 0 Å². The second-order valence-corrected chi connectivity index (χ2v) is 3.41. The number of nitrogens with zero attached hydrogens (tertiary/aromatic N) is 1. The predicted molar refractivity (Wildman–Crippen MR) is 46.2 cm³/mol. The molecule has 0 aromatic heterocycles. The van der Waals surface area contributed by atoms with Crippen LogP contribution in [0.2, 0.25) is 0 Å². The first-order chi connectivity index (χ1) is 6.11. The van der Waals surface area contributed by atoms with Gasteiger partial charge in [-0.15, -0.1) is 0 Å². The molecule has 0 aromatic rings. The molecule has 1 rings (SSSR count). The predicted octanol–water partition coefficient (Wildman–Crippen LogP) is -1.36. The molecule has 1 aliphatic rings. The van der Waals surface area contributed by atoms with E-state index in [1.54, 1.807) is 0 Å². The molecule has 1 heterocycles. The molecule has 1 aliphatic heterocycles. The van der Waals surface area contributed by atoms with Crippen molar-refractivity contribution in [3.05, 3.63) is 0 Å². The summed E-state index contributed by atoms with van der Waals surface area (Å²) in [5, 5.41) is 18.7. The maximum Gasteiger partial charge on any atom is 0.185 e. The molecule has 1 saturated heterocycles. The lowest BCUT2D eigenvalue weighted by Crippen LogP contribution is -2.45. The van der Waals surface area contributed by atoms with Crippen molar-refractivity contribution in [2.24, 2.45) is 0 Å². The zero-order chi connectivity index (χ0) is 10.0. The molecule has 5 heteroatoms. The number of hydrogen-bond donors (Lipinski definition) is 2. The smallest absolute Gasteiger partial charge is 0.185 e. The Kier molecular flexibility index (Phi) is 3.63. The summed E-state index contributed by atoms with van der Waals surface area (Å²) in [7, 11) is 5.14. The van der Waals surface area contributed by atoms with E-state index >= 15 is 0 Å². The molecule has 13 heavy (non-hydrogen) atoms. The molecule has 0 unspecified atom stereocenters. The molecule has 0 bridgehead atoms. The Hall–Kier alpha value is -0.200. The molecule has 0 spiro atoms. The van der Waals surface area contributed by atoms with Crippen molar-refractivity contribution in [2.45, 2.75) is 24.5 Å². The lowest BCUT2D eigenvalue weighted by molar-refractivity contribution is -0.153. The molecule has 0 aromatic carbocycles. The summed E-state index contributed by atoms with van der Waals surface area (Å²) in [6.45, 7) is -0.111. The van der Waals surface area contributed by atoms with Crippen LogP contribution in [-0.4, -0.2) is 67.5 Å². The fourth-order valence-corrected chi connectivity index (χ4v) is 1.70. The van der Waals surface area contributed by atoms with Crippen molar-refractivity contribution in [3.63, 3.8) is 0 Å². The van der Waals surface area contributed by atoms with E-state index in [2.05, 4.69) is 0 Å². The fraction of sp³-hybridized carbons (Fsp3) is 1.00. The van der Waals surface area contributed by atoms with Crippen molar-refractivity contribution in [3.8, 4) is 0 Å². The largest absolute Gasteiger partial charge is 0.394 e. The number of rotatable bonds is 3. The minimum absolute atomic E-state index is 0.111. The Bertz CT molecular complexity index is 162. The standard InChI is InChI=1S/C8H17NO4/c1-9(2)6-5(4-10)13-8(12-3)7(6)11/h5-8,10-11H,4H2,1-3H3/t5-,6-,7+,8+/m1/s1. The highest BCUT2D eigenvalue weighted by Gasteiger charge is 2.44. The molecule has 0 radical (unpaired) electrons. The highest BCUT2D eigenvalue weighted by Crippen LogP contribution is 2.24. The molecule has 2 N–H and O–H groups in total. The molecule has 1 fully saturated rings. The second-order valence-electron chi connectivity index (χ2n) is 3.41. The van der Waals surface area contributed by atoms with Crippen LogP contribution < -0.4 is 0 Å². The first kappa shape index (κ1) is 10.9. The fourth-order valence-electron chi connectivity index (χ4n) is 1.70. The number of ether oxygens (including phenoxy) is 2. The third-order valence-electron chi connectivity index (χ3n) is 2.33. The Morgan fingerprint density at radius 2 is 2.08 bits per heavy atom. The maximum atomic E-state index is 9.72. The van der Waals surface area contributed by atoms with Gasteiger partial charge in [0.2, 0.25) is 0 Å². The van der Waals surface area contributed by atoms with E-state index in [9.17, 15) is 5.11 Å². The molecule has 0 saturated carbocycles. The van der Waals surface area contributed by atoms with Crippen LogP contribution >= 0.6 is 0 Å². The molecule has 78 valence electrons. The summed E-state index contributed by atoms with van der Waals surface area (Å²) in [4.78, 5) is 1.82. The van der Waals surface area contributed by atoms with Crippen LogP contribution in [0.5, 0.6) is 0 Å². The van der Waals surface area contributed by atoms with E-state index in [-0.39, 0.29) is 18.8 Å². The Labute approximate surface area is 77.9 Å². The van der Waals surface area contributed by atoms with Gasteiger partial charge in [-0.3, -0.25) is 0 Å². The summed E-state index contributed by atoms with van der Waals surface area (Å²) in [6.07, 6.45) is -1.73. The first-order valence-electron chi connectivity index (χ1n) is 4.25. The van der Waals surface area contributed by atoms with Gasteiger partial charge in [0.15, 0.2) is 6.29 Å². The Morgan fingerprint density at radius 1 is 1.46 bits per heavy atom. The summed E-state index contributed by atoms with van der Waals surface area (Å²) in [6, 6.07) is -0.213. The van der Waals surface area contributed by atoms with Crippen molar-refractivity contribution >= 4 is 0 Å². The van der Waals surface area contributed by atoms with Gasteiger partial charge in [-0.1, -0.05) is 0 Å². The normalized spacial score (nSPS) is 40.2. The lowest BCUT2D eigenvalue weighted by Gasteiger charge is -2.25. The van der Waals surface area contributed by atoms with Gasteiger partial charge in [-0.25, -0.2) is 0 Å². The highest BCUT2D eigenvalue weighted by atomic mass is 16.7. The van der Waals surface area contributed by atoms with Gasteiger partial charge in [0.25, 0.3) is 0 Å². The highest BCUT2D eigenvalue weighted by molar-refractivity contribution is 4.91. The molecule has 5 nitrogen and oxygen atoms in total. The zero-order valence-electron chi connectivity index (χ0n) is 8.17.